The van der Waals surface area contributed by atoms with E-state index in [2.05, 4.69) is 11.4 Å². The molecule has 0 aliphatic carbocycles. The molecule has 0 fully saturated rings. The highest BCUT2D eigenvalue weighted by molar-refractivity contribution is 6.35. The van der Waals surface area contributed by atoms with Gasteiger partial charge in [0.25, 0.3) is 0 Å². The van der Waals surface area contributed by atoms with E-state index in [1.54, 1.807) is 6.07 Å². The fraction of sp³-hybridized carbons (Fsp3) is 0.200. The first-order valence-corrected chi connectivity index (χ1v) is 6.75. The van der Waals surface area contributed by atoms with E-state index in [9.17, 15) is 0 Å². The topological polar surface area (TPSA) is 21.3 Å². The van der Waals surface area contributed by atoms with Crippen LogP contribution in [0.3, 0.4) is 0 Å². The number of nitrogens with one attached hydrogen (secondary N) is 1. The Morgan fingerprint density at radius 2 is 1.90 bits per heavy atom. The molecule has 0 spiro atoms. The first-order valence-electron chi connectivity index (χ1n) is 5.99. The van der Waals surface area contributed by atoms with Crippen LogP contribution in [-0.2, 0) is 13.2 Å². The lowest BCUT2D eigenvalue weighted by Crippen LogP contribution is -2.05. The zero-order valence-corrected chi connectivity index (χ0v) is 13.4. The van der Waals surface area contributed by atoms with Gasteiger partial charge in [0.1, 0.15) is 12.4 Å². The van der Waals surface area contributed by atoms with Crippen LogP contribution in [0.2, 0.25) is 10.0 Å². The summed E-state index contributed by atoms with van der Waals surface area (Å²) >= 11 is 12.0. The van der Waals surface area contributed by atoms with Crippen LogP contribution < -0.4 is 10.1 Å². The average Bonchev–Trinajstić information content (AvgIpc) is 2.38. The first kappa shape index (κ1) is 17.1. The third kappa shape index (κ3) is 4.88. The normalized spacial score (nSPS) is 9.95. The van der Waals surface area contributed by atoms with E-state index >= 15 is 0 Å². The van der Waals surface area contributed by atoms with Crippen LogP contribution in [-0.4, -0.2) is 7.05 Å². The van der Waals surface area contributed by atoms with E-state index in [4.69, 9.17) is 27.9 Å². The van der Waals surface area contributed by atoms with Crippen LogP contribution in [0.25, 0.3) is 0 Å². The molecule has 0 aliphatic rings. The van der Waals surface area contributed by atoms with Gasteiger partial charge in [0.2, 0.25) is 0 Å². The minimum Gasteiger partial charge on any atom is -0.489 e. The molecule has 0 heterocycles. The summed E-state index contributed by atoms with van der Waals surface area (Å²) in [4.78, 5) is 0. The summed E-state index contributed by atoms with van der Waals surface area (Å²) in [6.45, 7) is 1.25. The minimum atomic E-state index is 0. The Bertz CT molecular complexity index is 561. The van der Waals surface area contributed by atoms with Gasteiger partial charge in [0.05, 0.1) is 0 Å². The molecule has 5 heteroatoms. The molecule has 0 radical (unpaired) electrons. The number of halogens is 3. The third-order valence-corrected chi connectivity index (χ3v) is 3.28. The lowest BCUT2D eigenvalue weighted by Gasteiger charge is -2.09. The van der Waals surface area contributed by atoms with Crippen molar-refractivity contribution in [2.75, 3.05) is 7.05 Å². The Kier molecular flexibility index (Phi) is 7.17. The van der Waals surface area contributed by atoms with E-state index in [1.807, 2.05) is 37.4 Å². The van der Waals surface area contributed by atoms with Gasteiger partial charge < -0.3 is 10.1 Å². The second-order valence-corrected chi connectivity index (χ2v) is 5.05. The van der Waals surface area contributed by atoms with Gasteiger partial charge in [-0.2, -0.15) is 0 Å². The maximum absolute atomic E-state index is 6.10. The molecule has 1 N–H and O–H groups in total. The largest absolute Gasteiger partial charge is 0.489 e. The van der Waals surface area contributed by atoms with Gasteiger partial charge in [-0.05, 0) is 36.9 Å². The van der Waals surface area contributed by atoms with Gasteiger partial charge in [0.15, 0.2) is 0 Å². The Labute approximate surface area is 135 Å². The van der Waals surface area contributed by atoms with Crippen molar-refractivity contribution in [1.29, 1.82) is 0 Å². The molecule has 0 aliphatic heterocycles. The molecule has 2 nitrogen and oxygen atoms in total. The van der Waals surface area contributed by atoms with Crippen LogP contribution in [0.15, 0.2) is 42.5 Å². The molecule has 0 amide bonds. The molecule has 0 aromatic heterocycles. The van der Waals surface area contributed by atoms with Crippen molar-refractivity contribution in [3.63, 3.8) is 0 Å². The van der Waals surface area contributed by atoms with Gasteiger partial charge in [-0.25, -0.2) is 0 Å². The molecule has 20 heavy (non-hydrogen) atoms. The lowest BCUT2D eigenvalue weighted by atomic mass is 10.2. The monoisotopic (exact) mass is 331 g/mol. The third-order valence-electron chi connectivity index (χ3n) is 2.69. The first-order chi connectivity index (χ1) is 9.19. The Morgan fingerprint density at radius 3 is 2.60 bits per heavy atom. The van der Waals surface area contributed by atoms with E-state index < -0.39 is 0 Å². The molecule has 2 aromatic rings. The number of ether oxygens (including phenoxy) is 1. The highest BCUT2D eigenvalue weighted by Crippen LogP contribution is 2.23. The maximum Gasteiger partial charge on any atom is 0.120 e. The minimum absolute atomic E-state index is 0. The van der Waals surface area contributed by atoms with Crippen molar-refractivity contribution in [3.05, 3.63) is 63.6 Å². The van der Waals surface area contributed by atoms with Gasteiger partial charge in [-0.3, -0.25) is 0 Å². The van der Waals surface area contributed by atoms with E-state index in [0.29, 0.717) is 16.7 Å². The van der Waals surface area contributed by atoms with Crippen molar-refractivity contribution in [1.82, 2.24) is 5.32 Å². The van der Waals surface area contributed by atoms with Gasteiger partial charge in [-0.15, -0.1) is 12.4 Å². The average molecular weight is 333 g/mol. The summed E-state index contributed by atoms with van der Waals surface area (Å²) in [7, 11) is 1.92. The summed E-state index contributed by atoms with van der Waals surface area (Å²) in [6, 6.07) is 13.4. The Morgan fingerprint density at radius 1 is 1.10 bits per heavy atom. The summed E-state index contributed by atoms with van der Waals surface area (Å²) in [5, 5.41) is 4.36. The second-order valence-electron chi connectivity index (χ2n) is 4.20. The van der Waals surface area contributed by atoms with Gasteiger partial charge in [0, 0.05) is 22.2 Å². The second kappa shape index (κ2) is 8.38. The lowest BCUT2D eigenvalue weighted by molar-refractivity contribution is 0.306. The van der Waals surface area contributed by atoms with Crippen molar-refractivity contribution >= 4 is 35.6 Å². The van der Waals surface area contributed by atoms with Gasteiger partial charge >= 0.3 is 0 Å². The standard InChI is InChI=1S/C15H15Cl2NO.ClH/c1-18-9-11-3-2-4-14(7-11)19-10-12-5-6-13(16)8-15(12)17;/h2-8,18H,9-10H2,1H3;1H. The molecule has 0 saturated heterocycles. The summed E-state index contributed by atoms with van der Waals surface area (Å²) in [5.41, 5.74) is 2.10. The van der Waals surface area contributed by atoms with Crippen LogP contribution in [0.4, 0.5) is 0 Å². The van der Waals surface area contributed by atoms with Crippen LogP contribution in [0.5, 0.6) is 5.75 Å². The van der Waals surface area contributed by atoms with Crippen LogP contribution >= 0.6 is 35.6 Å². The van der Waals surface area contributed by atoms with Crippen LogP contribution in [0, 0.1) is 0 Å². The molecular weight excluding hydrogens is 317 g/mol. The number of hydrogen-bond donors (Lipinski definition) is 1. The smallest absolute Gasteiger partial charge is 0.120 e. The highest BCUT2D eigenvalue weighted by atomic mass is 35.5. The number of hydrogen-bond acceptors (Lipinski definition) is 2. The van der Waals surface area contributed by atoms with Crippen molar-refractivity contribution in [2.45, 2.75) is 13.2 Å². The molecule has 0 atom stereocenters. The number of benzene rings is 2. The Balaban J connectivity index is 0.00000200. The summed E-state index contributed by atoms with van der Waals surface area (Å²) in [6.07, 6.45) is 0. The quantitative estimate of drug-likeness (QED) is 0.856. The zero-order chi connectivity index (χ0) is 13.7. The maximum atomic E-state index is 6.10. The van der Waals surface area contributed by atoms with Gasteiger partial charge in [-0.1, -0.05) is 41.4 Å². The Hall–Kier alpha value is -0.930. The fourth-order valence-electron chi connectivity index (χ4n) is 1.75. The van der Waals surface area contributed by atoms with E-state index in [1.165, 1.54) is 5.56 Å². The predicted molar refractivity (Wildman–Crippen MR) is 87.2 cm³/mol. The summed E-state index contributed by atoms with van der Waals surface area (Å²) < 4.78 is 5.74. The molecule has 0 bridgehead atoms. The molecular formula is C15H16Cl3NO. The van der Waals surface area contributed by atoms with E-state index in [0.717, 1.165) is 17.9 Å². The predicted octanol–water partition coefficient (Wildman–Crippen LogP) is 4.71. The summed E-state index contributed by atoms with van der Waals surface area (Å²) in [5.74, 6) is 0.832. The molecule has 2 aromatic carbocycles. The fourth-order valence-corrected chi connectivity index (χ4v) is 2.21. The molecule has 108 valence electrons. The van der Waals surface area contributed by atoms with E-state index in [-0.39, 0.29) is 12.4 Å². The van der Waals surface area contributed by atoms with Crippen molar-refractivity contribution < 1.29 is 4.74 Å². The SMILES string of the molecule is CNCc1cccc(OCc2ccc(Cl)cc2Cl)c1.Cl. The molecule has 2 rings (SSSR count). The zero-order valence-electron chi connectivity index (χ0n) is 11.0. The van der Waals surface area contributed by atoms with Crippen molar-refractivity contribution in [2.24, 2.45) is 0 Å². The van der Waals surface area contributed by atoms with Crippen molar-refractivity contribution in [3.8, 4) is 5.75 Å². The molecule has 0 saturated carbocycles. The number of rotatable bonds is 5. The molecule has 0 unspecified atom stereocenters. The van der Waals surface area contributed by atoms with Crippen LogP contribution in [0.1, 0.15) is 11.1 Å². The highest BCUT2D eigenvalue weighted by Gasteiger charge is 2.03.